The predicted octanol–water partition coefficient (Wildman–Crippen LogP) is 5.06. The lowest BCUT2D eigenvalue weighted by Gasteiger charge is -2.20. The summed E-state index contributed by atoms with van der Waals surface area (Å²) in [6.07, 6.45) is 0. The minimum atomic E-state index is -3.79. The number of benzene rings is 3. The average Bonchev–Trinajstić information content (AvgIpc) is 2.73. The van der Waals surface area contributed by atoms with Crippen LogP contribution < -0.4 is 9.62 Å². The summed E-state index contributed by atoms with van der Waals surface area (Å²) in [5.74, 6) is -0.363. The van der Waals surface area contributed by atoms with E-state index in [9.17, 15) is 13.2 Å². The Balaban J connectivity index is 1.82. The molecule has 0 spiro atoms. The minimum Gasteiger partial charge on any atom is -0.322 e. The van der Waals surface area contributed by atoms with Crippen molar-refractivity contribution in [3.05, 3.63) is 90.0 Å². The number of anilines is 2. The fourth-order valence-corrected chi connectivity index (χ4v) is 4.23. The van der Waals surface area contributed by atoms with Crippen molar-refractivity contribution in [3.8, 4) is 0 Å². The number of nitrogens with one attached hydrogen (secondary N) is 1. The van der Waals surface area contributed by atoms with Crippen LogP contribution >= 0.6 is 0 Å². The first-order chi connectivity index (χ1) is 14.1. The van der Waals surface area contributed by atoms with Gasteiger partial charge in [0.1, 0.15) is 0 Å². The molecular weight excluding hydrogens is 396 g/mol. The Kier molecular flexibility index (Phi) is 5.99. The van der Waals surface area contributed by atoms with Crippen LogP contribution in [-0.4, -0.2) is 21.4 Å². The van der Waals surface area contributed by atoms with E-state index in [2.05, 4.69) is 26.1 Å². The number of carbonyl (C=O) groups is 1. The van der Waals surface area contributed by atoms with Crippen LogP contribution in [0.4, 0.5) is 11.4 Å². The summed E-state index contributed by atoms with van der Waals surface area (Å²) in [6.45, 7) is 6.37. The van der Waals surface area contributed by atoms with E-state index in [1.54, 1.807) is 36.4 Å². The highest BCUT2D eigenvalue weighted by molar-refractivity contribution is 7.92. The molecule has 3 rings (SSSR count). The van der Waals surface area contributed by atoms with Crippen LogP contribution in [0.3, 0.4) is 0 Å². The van der Waals surface area contributed by atoms with Crippen LogP contribution in [-0.2, 0) is 15.4 Å². The number of sulfonamides is 1. The van der Waals surface area contributed by atoms with Crippen molar-refractivity contribution in [1.29, 1.82) is 0 Å². The fourth-order valence-electron chi connectivity index (χ4n) is 2.99. The predicted molar refractivity (Wildman–Crippen MR) is 122 cm³/mol. The van der Waals surface area contributed by atoms with Crippen molar-refractivity contribution < 1.29 is 13.2 Å². The smallest absolute Gasteiger partial charge is 0.264 e. The molecule has 3 aromatic carbocycles. The molecule has 6 heteroatoms. The maximum atomic E-state index is 13.0. The molecule has 0 radical (unpaired) electrons. The Hall–Kier alpha value is -3.12. The highest BCUT2D eigenvalue weighted by atomic mass is 32.2. The van der Waals surface area contributed by atoms with Gasteiger partial charge < -0.3 is 5.32 Å². The Morgan fingerprint density at radius 2 is 1.50 bits per heavy atom. The Morgan fingerprint density at radius 3 is 2.10 bits per heavy atom. The molecule has 0 aliphatic carbocycles. The van der Waals surface area contributed by atoms with Gasteiger partial charge in [0, 0.05) is 18.3 Å². The van der Waals surface area contributed by atoms with E-state index in [1.807, 2.05) is 30.3 Å². The van der Waals surface area contributed by atoms with Crippen LogP contribution in [0, 0.1) is 0 Å². The molecule has 0 aliphatic rings. The lowest BCUT2D eigenvalue weighted by atomic mass is 9.87. The van der Waals surface area contributed by atoms with Gasteiger partial charge in [0.25, 0.3) is 15.9 Å². The molecule has 156 valence electrons. The summed E-state index contributed by atoms with van der Waals surface area (Å²) < 4.78 is 27.2. The van der Waals surface area contributed by atoms with Gasteiger partial charge >= 0.3 is 0 Å². The molecule has 0 aliphatic heterocycles. The third-order valence-electron chi connectivity index (χ3n) is 4.88. The van der Waals surface area contributed by atoms with E-state index in [4.69, 9.17) is 0 Å². The van der Waals surface area contributed by atoms with Crippen molar-refractivity contribution in [3.63, 3.8) is 0 Å². The number of hydrogen-bond donors (Lipinski definition) is 1. The maximum Gasteiger partial charge on any atom is 0.264 e. The summed E-state index contributed by atoms with van der Waals surface area (Å²) in [7, 11) is -2.30. The zero-order chi connectivity index (χ0) is 21.9. The number of para-hydroxylation sites is 1. The quantitative estimate of drug-likeness (QED) is 0.625. The summed E-state index contributed by atoms with van der Waals surface area (Å²) in [5.41, 5.74) is 2.67. The molecule has 3 aromatic rings. The molecule has 1 N–H and O–H groups in total. The number of hydrogen-bond acceptors (Lipinski definition) is 3. The topological polar surface area (TPSA) is 66.5 Å². The zero-order valence-corrected chi connectivity index (χ0v) is 18.4. The van der Waals surface area contributed by atoms with Crippen molar-refractivity contribution in [2.75, 3.05) is 16.7 Å². The standard InChI is InChI=1S/C24H26N2O3S/c1-24(2,3)19-13-15-20(16-14-19)25-23(27)18-9-8-12-22(17-18)30(28,29)26(4)21-10-6-5-7-11-21/h5-17H,1-4H3,(H,25,27). The molecule has 0 saturated heterocycles. The monoisotopic (exact) mass is 422 g/mol. The molecule has 0 atom stereocenters. The van der Waals surface area contributed by atoms with Gasteiger partial charge in [-0.05, 0) is 53.4 Å². The van der Waals surface area contributed by atoms with E-state index < -0.39 is 10.0 Å². The van der Waals surface area contributed by atoms with Crippen LogP contribution in [0.25, 0.3) is 0 Å². The third kappa shape index (κ3) is 4.71. The fraction of sp³-hybridized carbons (Fsp3) is 0.208. The first kappa shape index (κ1) is 21.6. The maximum absolute atomic E-state index is 13.0. The van der Waals surface area contributed by atoms with E-state index in [0.29, 0.717) is 11.4 Å². The molecule has 1 amide bonds. The molecule has 30 heavy (non-hydrogen) atoms. The van der Waals surface area contributed by atoms with Gasteiger partial charge in [-0.2, -0.15) is 0 Å². The van der Waals surface area contributed by atoms with Crippen LogP contribution in [0.1, 0.15) is 36.7 Å². The number of rotatable bonds is 5. The van der Waals surface area contributed by atoms with Gasteiger partial charge in [-0.15, -0.1) is 0 Å². The second-order valence-corrected chi connectivity index (χ2v) is 10.1. The lowest BCUT2D eigenvalue weighted by molar-refractivity contribution is 0.102. The molecule has 0 bridgehead atoms. The largest absolute Gasteiger partial charge is 0.322 e. The van der Waals surface area contributed by atoms with E-state index in [1.165, 1.54) is 23.5 Å². The van der Waals surface area contributed by atoms with Crippen LogP contribution in [0.15, 0.2) is 83.8 Å². The third-order valence-corrected chi connectivity index (χ3v) is 6.66. The zero-order valence-electron chi connectivity index (χ0n) is 17.6. The second-order valence-electron chi connectivity index (χ2n) is 8.12. The second kappa shape index (κ2) is 8.32. The van der Waals surface area contributed by atoms with Gasteiger partial charge in [0.15, 0.2) is 0 Å². The summed E-state index contributed by atoms with van der Waals surface area (Å²) in [5, 5.41) is 2.83. The van der Waals surface area contributed by atoms with Gasteiger partial charge in [0.2, 0.25) is 0 Å². The number of carbonyl (C=O) groups excluding carboxylic acids is 1. The van der Waals surface area contributed by atoms with Crippen molar-refractivity contribution in [2.45, 2.75) is 31.1 Å². The molecule has 0 aromatic heterocycles. The van der Waals surface area contributed by atoms with Gasteiger partial charge in [-0.3, -0.25) is 9.10 Å². The minimum absolute atomic E-state index is 0.0238. The van der Waals surface area contributed by atoms with Gasteiger partial charge in [-0.1, -0.05) is 57.2 Å². The molecule has 0 saturated carbocycles. The summed E-state index contributed by atoms with van der Waals surface area (Å²) in [6, 6.07) is 22.5. The van der Waals surface area contributed by atoms with Gasteiger partial charge in [0.05, 0.1) is 10.6 Å². The first-order valence-corrected chi connectivity index (χ1v) is 11.1. The van der Waals surface area contributed by atoms with Crippen molar-refractivity contribution in [1.82, 2.24) is 0 Å². The number of nitrogens with zero attached hydrogens (tertiary/aromatic N) is 1. The Bertz CT molecular complexity index is 1130. The Morgan fingerprint density at radius 1 is 0.867 bits per heavy atom. The van der Waals surface area contributed by atoms with Crippen molar-refractivity contribution >= 4 is 27.3 Å². The molecular formula is C24H26N2O3S. The highest BCUT2D eigenvalue weighted by Crippen LogP contribution is 2.25. The summed E-state index contributed by atoms with van der Waals surface area (Å²) in [4.78, 5) is 12.8. The van der Waals surface area contributed by atoms with Crippen molar-refractivity contribution in [2.24, 2.45) is 0 Å². The van der Waals surface area contributed by atoms with E-state index in [-0.39, 0.29) is 21.8 Å². The molecule has 0 fully saturated rings. The lowest BCUT2D eigenvalue weighted by Crippen LogP contribution is -2.26. The van der Waals surface area contributed by atoms with E-state index in [0.717, 1.165) is 5.56 Å². The van der Waals surface area contributed by atoms with Crippen LogP contribution in [0.2, 0.25) is 0 Å². The molecule has 0 heterocycles. The SMILES string of the molecule is CN(c1ccccc1)S(=O)(=O)c1cccc(C(=O)Nc2ccc(C(C)(C)C)cc2)c1. The Labute approximate surface area is 178 Å². The molecule has 5 nitrogen and oxygen atoms in total. The normalized spacial score (nSPS) is 11.7. The van der Waals surface area contributed by atoms with Crippen LogP contribution in [0.5, 0.6) is 0 Å². The molecule has 0 unspecified atom stereocenters. The summed E-state index contributed by atoms with van der Waals surface area (Å²) >= 11 is 0. The van der Waals surface area contributed by atoms with Gasteiger partial charge in [-0.25, -0.2) is 8.42 Å². The highest BCUT2D eigenvalue weighted by Gasteiger charge is 2.22. The number of amides is 1. The first-order valence-electron chi connectivity index (χ1n) is 9.65. The average molecular weight is 423 g/mol. The van der Waals surface area contributed by atoms with E-state index >= 15 is 0 Å².